The highest BCUT2D eigenvalue weighted by atomic mass is 127. The molecule has 5 heteroatoms. The molecule has 1 heterocycles. The van der Waals surface area contributed by atoms with E-state index in [0.29, 0.717) is 0 Å². The minimum absolute atomic E-state index is 0.0312. The highest BCUT2D eigenvalue weighted by Gasteiger charge is 2.12. The summed E-state index contributed by atoms with van der Waals surface area (Å²) in [5, 5.41) is 0.750. The molecule has 1 unspecified atom stereocenters. The molecular formula is C13H13ClIN3. The van der Waals surface area contributed by atoms with Gasteiger partial charge in [0.15, 0.2) is 0 Å². The Morgan fingerprint density at radius 1 is 1.39 bits per heavy atom. The molecule has 94 valence electrons. The molecule has 0 saturated carbocycles. The molecule has 0 amide bonds. The van der Waals surface area contributed by atoms with Crippen LogP contribution in [0.3, 0.4) is 0 Å². The lowest BCUT2D eigenvalue weighted by Gasteiger charge is -2.16. The van der Waals surface area contributed by atoms with Crippen LogP contribution in [-0.4, -0.2) is 4.98 Å². The molecular weight excluding hydrogens is 361 g/mol. The maximum Gasteiger partial charge on any atom is 0.0542 e. The van der Waals surface area contributed by atoms with Crippen molar-refractivity contribution >= 4 is 34.2 Å². The summed E-state index contributed by atoms with van der Waals surface area (Å²) in [4.78, 5) is 4.10. The molecule has 18 heavy (non-hydrogen) atoms. The predicted molar refractivity (Wildman–Crippen MR) is 82.2 cm³/mol. The molecule has 0 bridgehead atoms. The lowest BCUT2D eigenvalue weighted by atomic mass is 10.0. The van der Waals surface area contributed by atoms with Crippen molar-refractivity contribution in [2.75, 3.05) is 0 Å². The quantitative estimate of drug-likeness (QED) is 0.492. The Morgan fingerprint density at radius 3 is 2.83 bits per heavy atom. The van der Waals surface area contributed by atoms with Crippen LogP contribution >= 0.6 is 34.2 Å². The fraction of sp³-hybridized carbons (Fsp3) is 0.154. The van der Waals surface area contributed by atoms with Gasteiger partial charge in [-0.3, -0.25) is 16.3 Å². The van der Waals surface area contributed by atoms with Gasteiger partial charge in [-0.1, -0.05) is 23.7 Å². The first-order valence-corrected chi connectivity index (χ1v) is 6.96. The number of benzene rings is 1. The van der Waals surface area contributed by atoms with E-state index in [4.69, 9.17) is 17.4 Å². The Labute approximate surface area is 125 Å². The van der Waals surface area contributed by atoms with Crippen LogP contribution in [0, 0.1) is 3.57 Å². The van der Waals surface area contributed by atoms with Gasteiger partial charge in [-0.2, -0.15) is 0 Å². The lowest BCUT2D eigenvalue weighted by molar-refractivity contribution is 0.551. The number of nitrogens with two attached hydrogens (primary N) is 1. The SMILES string of the molecule is NNC(Cc1cccnc1)c1ccc(I)c(Cl)c1. The summed E-state index contributed by atoms with van der Waals surface area (Å²) < 4.78 is 1.04. The summed E-state index contributed by atoms with van der Waals surface area (Å²) in [5.74, 6) is 5.63. The Morgan fingerprint density at radius 2 is 2.22 bits per heavy atom. The molecule has 3 N–H and O–H groups in total. The summed E-state index contributed by atoms with van der Waals surface area (Å²) in [6.45, 7) is 0. The minimum Gasteiger partial charge on any atom is -0.271 e. The molecule has 0 saturated heterocycles. The Balaban J connectivity index is 2.20. The van der Waals surface area contributed by atoms with E-state index < -0.39 is 0 Å². The summed E-state index contributed by atoms with van der Waals surface area (Å²) in [6, 6.07) is 9.96. The summed E-state index contributed by atoms with van der Waals surface area (Å²) in [7, 11) is 0. The van der Waals surface area contributed by atoms with Gasteiger partial charge in [0.1, 0.15) is 0 Å². The zero-order valence-corrected chi connectivity index (χ0v) is 12.5. The maximum atomic E-state index is 6.13. The number of rotatable bonds is 4. The Kier molecular flexibility index (Phi) is 4.94. The van der Waals surface area contributed by atoms with E-state index in [1.165, 1.54) is 0 Å². The second-order valence-corrected chi connectivity index (χ2v) is 5.53. The van der Waals surface area contributed by atoms with Crippen molar-refractivity contribution in [3.05, 3.63) is 62.4 Å². The fourth-order valence-corrected chi connectivity index (χ4v) is 2.28. The van der Waals surface area contributed by atoms with Crippen LogP contribution in [0.2, 0.25) is 5.02 Å². The van der Waals surface area contributed by atoms with Crippen molar-refractivity contribution in [3.63, 3.8) is 0 Å². The number of nitrogens with zero attached hydrogens (tertiary/aromatic N) is 1. The highest BCUT2D eigenvalue weighted by molar-refractivity contribution is 14.1. The van der Waals surface area contributed by atoms with Crippen LogP contribution in [0.4, 0.5) is 0 Å². The molecule has 1 atom stereocenters. The third-order valence-electron chi connectivity index (χ3n) is 2.71. The topological polar surface area (TPSA) is 50.9 Å². The van der Waals surface area contributed by atoms with E-state index in [0.717, 1.165) is 26.1 Å². The fourth-order valence-electron chi connectivity index (χ4n) is 1.76. The molecule has 1 aromatic heterocycles. The molecule has 0 spiro atoms. The van der Waals surface area contributed by atoms with E-state index in [1.807, 2.05) is 36.5 Å². The van der Waals surface area contributed by atoms with Gasteiger partial charge in [0.05, 0.1) is 11.1 Å². The second-order valence-electron chi connectivity index (χ2n) is 3.96. The van der Waals surface area contributed by atoms with Crippen molar-refractivity contribution in [3.8, 4) is 0 Å². The van der Waals surface area contributed by atoms with Crippen LogP contribution in [0.15, 0.2) is 42.7 Å². The molecule has 0 radical (unpaired) electrons. The van der Waals surface area contributed by atoms with Crippen LogP contribution in [0.25, 0.3) is 0 Å². The third-order valence-corrected chi connectivity index (χ3v) is 4.28. The monoisotopic (exact) mass is 373 g/mol. The van der Waals surface area contributed by atoms with Crippen LogP contribution in [0.1, 0.15) is 17.2 Å². The largest absolute Gasteiger partial charge is 0.271 e. The van der Waals surface area contributed by atoms with E-state index in [9.17, 15) is 0 Å². The van der Waals surface area contributed by atoms with E-state index >= 15 is 0 Å². The zero-order valence-electron chi connectivity index (χ0n) is 9.61. The van der Waals surface area contributed by atoms with Crippen LogP contribution in [-0.2, 0) is 6.42 Å². The van der Waals surface area contributed by atoms with E-state index in [-0.39, 0.29) is 6.04 Å². The normalized spacial score (nSPS) is 12.4. The number of aromatic nitrogens is 1. The molecule has 0 aliphatic heterocycles. The van der Waals surface area contributed by atoms with Gasteiger partial charge in [-0.05, 0) is 58.3 Å². The second kappa shape index (κ2) is 6.47. The van der Waals surface area contributed by atoms with Gasteiger partial charge < -0.3 is 0 Å². The molecule has 0 fully saturated rings. The van der Waals surface area contributed by atoms with Gasteiger partial charge in [0.2, 0.25) is 0 Å². The first kappa shape index (κ1) is 13.7. The van der Waals surface area contributed by atoms with Gasteiger partial charge in [0.25, 0.3) is 0 Å². The Bertz CT molecular complexity index is 519. The average molecular weight is 374 g/mol. The van der Waals surface area contributed by atoms with E-state index in [2.05, 4.69) is 33.0 Å². The third kappa shape index (κ3) is 3.41. The zero-order chi connectivity index (χ0) is 13.0. The standard InChI is InChI=1S/C13H13ClIN3/c14-11-7-10(3-4-12(11)15)13(18-16)6-9-2-1-5-17-8-9/h1-5,7-8,13,18H,6,16H2. The average Bonchev–Trinajstić information content (AvgIpc) is 2.40. The first-order chi connectivity index (χ1) is 8.70. The molecule has 0 aliphatic carbocycles. The number of nitrogens with one attached hydrogen (secondary N) is 1. The predicted octanol–water partition coefficient (Wildman–Crippen LogP) is 3.09. The van der Waals surface area contributed by atoms with E-state index in [1.54, 1.807) is 6.20 Å². The van der Waals surface area contributed by atoms with Gasteiger partial charge in [-0.15, -0.1) is 0 Å². The summed E-state index contributed by atoms with van der Waals surface area (Å²) in [5.41, 5.74) is 5.03. The van der Waals surface area contributed by atoms with Gasteiger partial charge in [0, 0.05) is 16.0 Å². The van der Waals surface area contributed by atoms with Gasteiger partial charge in [-0.25, -0.2) is 0 Å². The van der Waals surface area contributed by atoms with Crippen LogP contribution in [0.5, 0.6) is 0 Å². The number of hydrogen-bond donors (Lipinski definition) is 2. The smallest absolute Gasteiger partial charge is 0.0542 e. The highest BCUT2D eigenvalue weighted by Crippen LogP contribution is 2.24. The number of pyridine rings is 1. The molecule has 2 rings (SSSR count). The molecule has 1 aromatic carbocycles. The first-order valence-electron chi connectivity index (χ1n) is 5.50. The molecule has 0 aliphatic rings. The molecule has 3 nitrogen and oxygen atoms in total. The van der Waals surface area contributed by atoms with Crippen molar-refractivity contribution in [2.45, 2.75) is 12.5 Å². The summed E-state index contributed by atoms with van der Waals surface area (Å²) >= 11 is 8.34. The number of hydrazine groups is 1. The maximum absolute atomic E-state index is 6.13. The van der Waals surface area contributed by atoms with Crippen LogP contribution < -0.4 is 11.3 Å². The molecule has 2 aromatic rings. The number of hydrogen-bond acceptors (Lipinski definition) is 3. The van der Waals surface area contributed by atoms with Crippen molar-refractivity contribution in [1.82, 2.24) is 10.4 Å². The number of halogens is 2. The van der Waals surface area contributed by atoms with Crippen molar-refractivity contribution in [2.24, 2.45) is 5.84 Å². The lowest BCUT2D eigenvalue weighted by Crippen LogP contribution is -2.29. The van der Waals surface area contributed by atoms with Crippen molar-refractivity contribution < 1.29 is 0 Å². The van der Waals surface area contributed by atoms with Crippen molar-refractivity contribution in [1.29, 1.82) is 0 Å². The Hall–Kier alpha value is -0.690. The van der Waals surface area contributed by atoms with Gasteiger partial charge >= 0.3 is 0 Å². The summed E-state index contributed by atoms with van der Waals surface area (Å²) in [6.07, 6.45) is 4.38. The minimum atomic E-state index is 0.0312.